The molecule has 104 valence electrons. The summed E-state index contributed by atoms with van der Waals surface area (Å²) in [5.41, 5.74) is 0. The number of ether oxygens (including phenoxy) is 1. The van der Waals surface area contributed by atoms with Crippen LogP contribution in [0.4, 0.5) is 0 Å². The third kappa shape index (κ3) is 4.79. The summed E-state index contributed by atoms with van der Waals surface area (Å²) in [5, 5.41) is 5.61. The molecule has 5 nitrogen and oxygen atoms in total. The summed E-state index contributed by atoms with van der Waals surface area (Å²) >= 11 is 5.75. The fourth-order valence-electron chi connectivity index (χ4n) is 1.38. The molecule has 0 heterocycles. The maximum Gasteiger partial charge on any atom is 0.261 e. The van der Waals surface area contributed by atoms with E-state index in [-0.39, 0.29) is 11.8 Å². The van der Waals surface area contributed by atoms with Crippen molar-refractivity contribution < 1.29 is 14.3 Å². The Labute approximate surface area is 117 Å². The first-order valence-corrected chi connectivity index (χ1v) is 6.26. The van der Waals surface area contributed by atoms with Crippen LogP contribution in [0.25, 0.3) is 0 Å². The van der Waals surface area contributed by atoms with E-state index in [0.29, 0.717) is 10.8 Å². The van der Waals surface area contributed by atoms with E-state index in [9.17, 15) is 9.59 Å². The van der Waals surface area contributed by atoms with Gasteiger partial charge in [-0.1, -0.05) is 11.6 Å². The monoisotopic (exact) mass is 284 g/mol. The van der Waals surface area contributed by atoms with Crippen molar-refractivity contribution in [2.75, 3.05) is 7.05 Å². The van der Waals surface area contributed by atoms with Crippen molar-refractivity contribution in [2.45, 2.75) is 26.0 Å². The topological polar surface area (TPSA) is 67.4 Å². The number of halogens is 1. The zero-order valence-corrected chi connectivity index (χ0v) is 11.8. The highest BCUT2D eigenvalue weighted by Crippen LogP contribution is 2.16. The number of nitrogens with one attached hydrogen (secondary N) is 2. The number of benzene rings is 1. The number of carbonyl (C=O) groups excluding carboxylic acids is 2. The lowest BCUT2D eigenvalue weighted by Gasteiger charge is -2.17. The minimum Gasteiger partial charge on any atom is -0.481 e. The Morgan fingerprint density at radius 3 is 2.26 bits per heavy atom. The summed E-state index contributed by atoms with van der Waals surface area (Å²) in [7, 11) is 1.51. The van der Waals surface area contributed by atoms with Gasteiger partial charge in [-0.05, 0) is 38.1 Å². The summed E-state index contributed by atoms with van der Waals surface area (Å²) < 4.78 is 5.44. The van der Waals surface area contributed by atoms with E-state index in [1.54, 1.807) is 38.1 Å². The number of likely N-dealkylation sites (N-methyl/N-ethyl adjacent to an activating group) is 1. The third-order valence-corrected chi connectivity index (χ3v) is 2.75. The van der Waals surface area contributed by atoms with Gasteiger partial charge in [0.25, 0.3) is 5.91 Å². The maximum absolute atomic E-state index is 11.8. The van der Waals surface area contributed by atoms with Crippen molar-refractivity contribution >= 4 is 23.4 Å². The molecule has 2 atom stereocenters. The second kappa shape index (κ2) is 6.99. The number of carbonyl (C=O) groups is 2. The molecular formula is C13H17ClN2O3. The van der Waals surface area contributed by atoms with Gasteiger partial charge in [-0.15, -0.1) is 0 Å². The molecule has 2 N–H and O–H groups in total. The third-order valence-electron chi connectivity index (χ3n) is 2.49. The molecule has 0 aromatic heterocycles. The molecular weight excluding hydrogens is 268 g/mol. The SMILES string of the molecule is CNC(=O)[C@H](C)NC(=O)[C@@H](C)Oc1ccc(Cl)cc1. The van der Waals surface area contributed by atoms with E-state index >= 15 is 0 Å². The van der Waals surface area contributed by atoms with Crippen LogP contribution in [0.2, 0.25) is 5.02 Å². The lowest BCUT2D eigenvalue weighted by Crippen LogP contribution is -2.47. The van der Waals surface area contributed by atoms with Crippen LogP contribution in [0.15, 0.2) is 24.3 Å². The lowest BCUT2D eigenvalue weighted by atomic mass is 10.2. The van der Waals surface area contributed by atoms with Crippen molar-refractivity contribution in [2.24, 2.45) is 0 Å². The summed E-state index contributed by atoms with van der Waals surface area (Å²) in [6, 6.07) is 6.10. The molecule has 0 saturated carbocycles. The molecule has 0 spiro atoms. The van der Waals surface area contributed by atoms with E-state index in [0.717, 1.165) is 0 Å². The summed E-state index contributed by atoms with van der Waals surface area (Å²) in [5.74, 6) is -0.0715. The Hall–Kier alpha value is -1.75. The first-order chi connectivity index (χ1) is 8.93. The van der Waals surface area contributed by atoms with Gasteiger partial charge < -0.3 is 15.4 Å². The van der Waals surface area contributed by atoms with Crippen LogP contribution in [0.1, 0.15) is 13.8 Å². The van der Waals surface area contributed by atoms with Gasteiger partial charge >= 0.3 is 0 Å². The molecule has 1 rings (SSSR count). The predicted octanol–water partition coefficient (Wildman–Crippen LogP) is 1.36. The van der Waals surface area contributed by atoms with Gasteiger partial charge in [0, 0.05) is 12.1 Å². The van der Waals surface area contributed by atoms with Gasteiger partial charge in [-0.3, -0.25) is 9.59 Å². The average molecular weight is 285 g/mol. The standard InChI is InChI=1S/C13H17ClN2O3/c1-8(12(17)15-3)16-13(18)9(2)19-11-6-4-10(14)5-7-11/h4-9H,1-3H3,(H,15,17)(H,16,18)/t8-,9+/m0/s1. The number of rotatable bonds is 5. The van der Waals surface area contributed by atoms with Crippen molar-refractivity contribution in [3.8, 4) is 5.75 Å². The molecule has 2 amide bonds. The average Bonchev–Trinajstić information content (AvgIpc) is 2.40. The van der Waals surface area contributed by atoms with Gasteiger partial charge in [-0.2, -0.15) is 0 Å². The minimum absolute atomic E-state index is 0.257. The molecule has 0 unspecified atom stereocenters. The zero-order chi connectivity index (χ0) is 14.4. The van der Waals surface area contributed by atoms with Crippen molar-refractivity contribution in [1.82, 2.24) is 10.6 Å². The Morgan fingerprint density at radius 2 is 1.74 bits per heavy atom. The van der Waals surface area contributed by atoms with Crippen molar-refractivity contribution in [3.05, 3.63) is 29.3 Å². The van der Waals surface area contributed by atoms with Gasteiger partial charge in [0.05, 0.1) is 0 Å². The second-order valence-electron chi connectivity index (χ2n) is 4.06. The normalized spacial score (nSPS) is 13.3. The van der Waals surface area contributed by atoms with Crippen LogP contribution < -0.4 is 15.4 Å². The number of hydrogen-bond donors (Lipinski definition) is 2. The Balaban J connectivity index is 2.53. The van der Waals surface area contributed by atoms with E-state index in [2.05, 4.69) is 10.6 Å². The van der Waals surface area contributed by atoms with Crippen LogP contribution in [-0.4, -0.2) is 31.0 Å². The van der Waals surface area contributed by atoms with Gasteiger partial charge in [0.1, 0.15) is 11.8 Å². The number of amides is 2. The van der Waals surface area contributed by atoms with Crippen LogP contribution in [-0.2, 0) is 9.59 Å². The first kappa shape index (κ1) is 15.3. The summed E-state index contributed by atoms with van der Waals surface area (Å²) in [4.78, 5) is 23.1. The fraction of sp³-hybridized carbons (Fsp3) is 0.385. The van der Waals surface area contributed by atoms with E-state index < -0.39 is 12.1 Å². The molecule has 0 saturated heterocycles. The molecule has 1 aromatic rings. The highest BCUT2D eigenvalue weighted by Gasteiger charge is 2.19. The quantitative estimate of drug-likeness (QED) is 0.858. The lowest BCUT2D eigenvalue weighted by molar-refractivity contribution is -0.132. The zero-order valence-electron chi connectivity index (χ0n) is 11.1. The minimum atomic E-state index is -0.701. The first-order valence-electron chi connectivity index (χ1n) is 5.88. The molecule has 6 heteroatoms. The molecule has 0 fully saturated rings. The van der Waals surface area contributed by atoms with Gasteiger partial charge in [0.15, 0.2) is 6.10 Å². The highest BCUT2D eigenvalue weighted by atomic mass is 35.5. The maximum atomic E-state index is 11.8. The predicted molar refractivity (Wildman–Crippen MR) is 73.2 cm³/mol. The van der Waals surface area contributed by atoms with Crippen LogP contribution >= 0.6 is 11.6 Å². The van der Waals surface area contributed by atoms with E-state index in [1.165, 1.54) is 7.05 Å². The molecule has 0 radical (unpaired) electrons. The summed E-state index contributed by atoms with van der Waals surface area (Å²) in [6.07, 6.45) is -0.701. The Morgan fingerprint density at radius 1 is 1.16 bits per heavy atom. The van der Waals surface area contributed by atoms with Crippen molar-refractivity contribution in [1.29, 1.82) is 0 Å². The Kier molecular flexibility index (Phi) is 5.63. The molecule has 0 aliphatic heterocycles. The van der Waals surface area contributed by atoms with E-state index in [4.69, 9.17) is 16.3 Å². The molecule has 0 aliphatic carbocycles. The largest absolute Gasteiger partial charge is 0.481 e. The molecule has 19 heavy (non-hydrogen) atoms. The molecule has 1 aromatic carbocycles. The highest BCUT2D eigenvalue weighted by molar-refractivity contribution is 6.30. The molecule has 0 bridgehead atoms. The smallest absolute Gasteiger partial charge is 0.261 e. The van der Waals surface area contributed by atoms with Gasteiger partial charge in [0.2, 0.25) is 5.91 Å². The summed E-state index contributed by atoms with van der Waals surface area (Å²) in [6.45, 7) is 3.21. The van der Waals surface area contributed by atoms with Crippen molar-refractivity contribution in [3.63, 3.8) is 0 Å². The van der Waals surface area contributed by atoms with Crippen LogP contribution in [0.3, 0.4) is 0 Å². The van der Waals surface area contributed by atoms with Gasteiger partial charge in [-0.25, -0.2) is 0 Å². The number of hydrogen-bond acceptors (Lipinski definition) is 3. The Bertz CT molecular complexity index is 448. The molecule has 0 aliphatic rings. The van der Waals surface area contributed by atoms with E-state index in [1.807, 2.05) is 0 Å². The van der Waals surface area contributed by atoms with Crippen LogP contribution in [0.5, 0.6) is 5.75 Å². The fourth-order valence-corrected chi connectivity index (χ4v) is 1.51. The second-order valence-corrected chi connectivity index (χ2v) is 4.49. The van der Waals surface area contributed by atoms with Crippen LogP contribution in [0, 0.1) is 0 Å².